The lowest BCUT2D eigenvalue weighted by atomic mass is 9.94. The molecule has 1 atom stereocenters. The molecule has 1 aliphatic rings. The topological polar surface area (TPSA) is 26.3 Å². The lowest BCUT2D eigenvalue weighted by molar-refractivity contribution is -0.121. The maximum absolute atomic E-state index is 10.8. The van der Waals surface area contributed by atoms with Crippen LogP contribution >= 0.6 is 0 Å². The zero-order valence-corrected chi connectivity index (χ0v) is 7.62. The Morgan fingerprint density at radius 2 is 2.23 bits per heavy atom. The zero-order chi connectivity index (χ0) is 9.31. The molecule has 1 heterocycles. The van der Waals surface area contributed by atoms with Gasteiger partial charge in [0.15, 0.2) is 11.9 Å². The van der Waals surface area contributed by atoms with Crippen LogP contribution in [0, 0.1) is 0 Å². The number of hydrogen-bond donors (Lipinski definition) is 0. The van der Waals surface area contributed by atoms with Gasteiger partial charge in [0, 0.05) is 0 Å². The van der Waals surface area contributed by atoms with Gasteiger partial charge in [0.1, 0.15) is 5.75 Å². The number of aldehydes is 1. The number of carbonyl (C=O) groups is 1. The summed E-state index contributed by atoms with van der Waals surface area (Å²) in [5, 5.41) is 0. The molecule has 2 nitrogen and oxygen atoms in total. The predicted octanol–water partition coefficient (Wildman–Crippen LogP) is 1.97. The van der Waals surface area contributed by atoms with Gasteiger partial charge < -0.3 is 4.74 Å². The summed E-state index contributed by atoms with van der Waals surface area (Å²) in [6.07, 6.45) is 2.59. The van der Waals surface area contributed by atoms with Crippen molar-refractivity contribution >= 4 is 6.29 Å². The van der Waals surface area contributed by atoms with Crippen molar-refractivity contribution in [1.82, 2.24) is 0 Å². The van der Waals surface area contributed by atoms with Gasteiger partial charge in [0.25, 0.3) is 0 Å². The number of ether oxygens (including phenoxy) is 1. The Morgan fingerprint density at radius 3 is 3.00 bits per heavy atom. The number of carbonyl (C=O) groups excluding carboxylic acids is 1. The Hall–Kier alpha value is -1.31. The van der Waals surface area contributed by atoms with Crippen molar-refractivity contribution in [2.45, 2.75) is 25.4 Å². The van der Waals surface area contributed by atoms with Crippen LogP contribution in [0.5, 0.6) is 5.75 Å². The Balaban J connectivity index is 2.34. The van der Waals surface area contributed by atoms with E-state index in [-0.39, 0.29) is 0 Å². The molecular formula is C11H12O2. The number of para-hydroxylation sites is 1. The standard InChI is InChI=1S/C11H12O2/c1-11(8-12)7-6-9-4-2-3-5-10(9)13-11/h2-5,8H,6-7H2,1H3. The molecule has 1 aromatic rings. The smallest absolute Gasteiger partial charge is 0.163 e. The number of aryl methyl sites for hydroxylation is 1. The molecule has 0 fully saturated rings. The highest BCUT2D eigenvalue weighted by atomic mass is 16.5. The minimum absolute atomic E-state index is 0.617. The third kappa shape index (κ3) is 1.44. The summed E-state index contributed by atoms with van der Waals surface area (Å²) in [6, 6.07) is 7.87. The van der Waals surface area contributed by atoms with Crippen molar-refractivity contribution in [2.24, 2.45) is 0 Å². The first-order valence-electron chi connectivity index (χ1n) is 4.47. The van der Waals surface area contributed by atoms with Gasteiger partial charge in [-0.1, -0.05) is 18.2 Å². The summed E-state index contributed by atoms with van der Waals surface area (Å²) in [5.74, 6) is 0.850. The molecule has 1 unspecified atom stereocenters. The molecule has 2 heteroatoms. The average Bonchev–Trinajstić information content (AvgIpc) is 2.18. The van der Waals surface area contributed by atoms with Crippen LogP contribution in [0.15, 0.2) is 24.3 Å². The molecule has 1 aliphatic heterocycles. The van der Waals surface area contributed by atoms with Crippen molar-refractivity contribution in [1.29, 1.82) is 0 Å². The van der Waals surface area contributed by atoms with E-state index in [4.69, 9.17) is 4.74 Å². The van der Waals surface area contributed by atoms with E-state index in [2.05, 4.69) is 0 Å². The highest BCUT2D eigenvalue weighted by Crippen LogP contribution is 2.31. The Kier molecular flexibility index (Phi) is 1.83. The van der Waals surface area contributed by atoms with Crippen LogP contribution in [0.25, 0.3) is 0 Å². The van der Waals surface area contributed by atoms with E-state index in [1.165, 1.54) is 5.56 Å². The Labute approximate surface area is 77.5 Å². The predicted molar refractivity (Wildman–Crippen MR) is 49.9 cm³/mol. The van der Waals surface area contributed by atoms with Crippen LogP contribution in [0.4, 0.5) is 0 Å². The molecule has 0 bridgehead atoms. The normalized spacial score (nSPS) is 25.9. The van der Waals surface area contributed by atoms with Gasteiger partial charge in [0.05, 0.1) is 0 Å². The van der Waals surface area contributed by atoms with Crippen molar-refractivity contribution in [3.63, 3.8) is 0 Å². The molecule has 0 spiro atoms. The average molecular weight is 176 g/mol. The third-order valence-electron chi connectivity index (χ3n) is 2.46. The minimum atomic E-state index is -0.617. The van der Waals surface area contributed by atoms with Crippen LogP contribution < -0.4 is 4.74 Å². The highest BCUT2D eigenvalue weighted by Gasteiger charge is 2.30. The largest absolute Gasteiger partial charge is 0.480 e. The van der Waals surface area contributed by atoms with Crippen LogP contribution in [-0.4, -0.2) is 11.9 Å². The third-order valence-corrected chi connectivity index (χ3v) is 2.46. The lowest BCUT2D eigenvalue weighted by Crippen LogP contribution is -2.37. The van der Waals surface area contributed by atoms with E-state index >= 15 is 0 Å². The molecule has 0 aliphatic carbocycles. The molecule has 1 aromatic carbocycles. The fourth-order valence-electron chi connectivity index (χ4n) is 1.58. The first kappa shape index (κ1) is 8.30. The summed E-state index contributed by atoms with van der Waals surface area (Å²) in [5.41, 5.74) is 0.579. The summed E-state index contributed by atoms with van der Waals surface area (Å²) in [7, 11) is 0. The fourth-order valence-corrected chi connectivity index (χ4v) is 1.58. The van der Waals surface area contributed by atoms with Crippen molar-refractivity contribution < 1.29 is 9.53 Å². The van der Waals surface area contributed by atoms with E-state index in [0.717, 1.165) is 24.9 Å². The number of rotatable bonds is 1. The summed E-state index contributed by atoms with van der Waals surface area (Å²) < 4.78 is 5.60. The summed E-state index contributed by atoms with van der Waals surface area (Å²) >= 11 is 0. The molecule has 2 rings (SSSR count). The molecule has 0 saturated carbocycles. The fraction of sp³-hybridized carbons (Fsp3) is 0.364. The van der Waals surface area contributed by atoms with Crippen molar-refractivity contribution in [3.8, 4) is 5.75 Å². The molecule has 0 radical (unpaired) electrons. The van der Waals surface area contributed by atoms with Gasteiger partial charge in [-0.25, -0.2) is 0 Å². The van der Waals surface area contributed by atoms with Gasteiger partial charge >= 0.3 is 0 Å². The van der Waals surface area contributed by atoms with Crippen LogP contribution in [-0.2, 0) is 11.2 Å². The van der Waals surface area contributed by atoms with Gasteiger partial charge in [-0.2, -0.15) is 0 Å². The summed E-state index contributed by atoms with van der Waals surface area (Å²) in [6.45, 7) is 1.83. The molecule has 0 saturated heterocycles. The molecule has 68 valence electrons. The first-order valence-corrected chi connectivity index (χ1v) is 4.47. The number of benzene rings is 1. The Morgan fingerprint density at radius 1 is 1.46 bits per heavy atom. The van der Waals surface area contributed by atoms with Gasteiger partial charge in [-0.15, -0.1) is 0 Å². The van der Waals surface area contributed by atoms with Gasteiger partial charge in [-0.05, 0) is 31.4 Å². The Bertz CT molecular complexity index is 333. The van der Waals surface area contributed by atoms with Crippen molar-refractivity contribution in [3.05, 3.63) is 29.8 Å². The van der Waals surface area contributed by atoms with Crippen LogP contribution in [0.2, 0.25) is 0 Å². The lowest BCUT2D eigenvalue weighted by Gasteiger charge is -2.30. The van der Waals surface area contributed by atoms with Crippen LogP contribution in [0.1, 0.15) is 18.9 Å². The molecule has 0 N–H and O–H groups in total. The van der Waals surface area contributed by atoms with Gasteiger partial charge in [-0.3, -0.25) is 4.79 Å². The number of hydrogen-bond acceptors (Lipinski definition) is 2. The zero-order valence-electron chi connectivity index (χ0n) is 7.62. The van der Waals surface area contributed by atoms with Crippen molar-refractivity contribution in [2.75, 3.05) is 0 Å². The second kappa shape index (κ2) is 2.87. The number of fused-ring (bicyclic) bond motifs is 1. The minimum Gasteiger partial charge on any atom is -0.480 e. The van der Waals surface area contributed by atoms with E-state index in [1.807, 2.05) is 31.2 Å². The van der Waals surface area contributed by atoms with E-state index in [1.54, 1.807) is 0 Å². The quantitative estimate of drug-likeness (QED) is 0.611. The highest BCUT2D eigenvalue weighted by molar-refractivity contribution is 5.63. The molecular weight excluding hydrogens is 164 g/mol. The molecule has 13 heavy (non-hydrogen) atoms. The first-order chi connectivity index (χ1) is 6.23. The second-order valence-electron chi connectivity index (χ2n) is 3.64. The second-order valence-corrected chi connectivity index (χ2v) is 3.64. The van der Waals surface area contributed by atoms with Gasteiger partial charge in [0.2, 0.25) is 0 Å². The van der Waals surface area contributed by atoms with E-state index < -0.39 is 5.60 Å². The summed E-state index contributed by atoms with van der Waals surface area (Å²) in [4.78, 5) is 10.8. The SMILES string of the molecule is CC1(C=O)CCc2ccccc2O1. The van der Waals surface area contributed by atoms with E-state index in [0.29, 0.717) is 0 Å². The maximum Gasteiger partial charge on any atom is 0.163 e. The monoisotopic (exact) mass is 176 g/mol. The van der Waals surface area contributed by atoms with E-state index in [9.17, 15) is 4.79 Å². The molecule has 0 amide bonds. The van der Waals surface area contributed by atoms with Crippen LogP contribution in [0.3, 0.4) is 0 Å². The molecule has 0 aromatic heterocycles. The maximum atomic E-state index is 10.8.